The average Bonchev–Trinajstić information content (AvgIpc) is 2.87. The molecule has 0 atom stereocenters. The van der Waals surface area contributed by atoms with Gasteiger partial charge in [0.2, 0.25) is 0 Å². The summed E-state index contributed by atoms with van der Waals surface area (Å²) in [6.07, 6.45) is 0.191. The molecule has 0 amide bonds. The maximum absolute atomic E-state index is 10.4. The van der Waals surface area contributed by atoms with E-state index in [0.717, 1.165) is 0 Å². The maximum atomic E-state index is 10.4. The van der Waals surface area contributed by atoms with Gasteiger partial charge in [-0.15, -0.1) is 0 Å². The second-order valence-corrected chi connectivity index (χ2v) is 10.9. The van der Waals surface area contributed by atoms with Gasteiger partial charge in [-0.1, -0.05) is 27.7 Å². The van der Waals surface area contributed by atoms with Crippen LogP contribution in [-0.4, -0.2) is 91.9 Å². The first-order chi connectivity index (χ1) is 22.6. The Morgan fingerprint density at radius 2 is 0.519 bits per heavy atom. The third kappa shape index (κ3) is 185. The Hall–Kier alpha value is -2.17. The van der Waals surface area contributed by atoms with Gasteiger partial charge in [0.1, 0.15) is 23.1 Å². The zero-order chi connectivity index (χ0) is 42.0. The molecule has 0 saturated heterocycles. The molecule has 0 aliphatic heterocycles. The van der Waals surface area contributed by atoms with E-state index in [0.29, 0.717) is 25.7 Å². The third-order valence-corrected chi connectivity index (χ3v) is 3.21. The van der Waals surface area contributed by atoms with Crippen LogP contribution in [0.2, 0.25) is 0 Å². The van der Waals surface area contributed by atoms with Gasteiger partial charge in [0, 0.05) is 99.7 Å². The van der Waals surface area contributed by atoms with Gasteiger partial charge >= 0.3 is 43.4 Å². The molecule has 4 N–H and O–H groups in total. The van der Waals surface area contributed by atoms with Crippen LogP contribution >= 0.6 is 0 Å². The molecular weight excluding hydrogens is 760 g/mol. The molecule has 18 heteroatoms. The Balaban J connectivity index is -0.0000000494. The molecule has 0 saturated carbocycles. The SMILES string of the molecule is CC(C)O.CC(C)O.CC(C)O.CC(C)O.CCC(=O)CC(=O)[O-].CCC(=O)CC(=O)[O-].CCCC(=O)CC(=O)[O-].CCCC(=O)CC(=O)[O-].[Ti+2].[Ti+2]. The van der Waals surface area contributed by atoms with Crippen molar-refractivity contribution in [1.82, 2.24) is 0 Å². The van der Waals surface area contributed by atoms with Crippen LogP contribution in [0.4, 0.5) is 0 Å². The quantitative estimate of drug-likeness (QED) is 0.117. The number of rotatable bonds is 14. The summed E-state index contributed by atoms with van der Waals surface area (Å²) in [5, 5.41) is 71.0. The summed E-state index contributed by atoms with van der Waals surface area (Å²) in [4.78, 5) is 80.0. The Bertz CT molecular complexity index is 783. The van der Waals surface area contributed by atoms with E-state index in [2.05, 4.69) is 0 Å². The molecule has 0 unspecified atom stereocenters. The maximum Gasteiger partial charge on any atom is 2.00 e. The fourth-order valence-corrected chi connectivity index (χ4v) is 1.63. The minimum absolute atomic E-state index is 0. The molecule has 0 aliphatic carbocycles. The van der Waals surface area contributed by atoms with Crippen LogP contribution in [0.15, 0.2) is 0 Å². The summed E-state index contributed by atoms with van der Waals surface area (Å²) in [5.74, 6) is -6.24. The van der Waals surface area contributed by atoms with Gasteiger partial charge in [-0.3, -0.25) is 19.2 Å². The number of carboxylic acids is 4. The number of Topliss-reactive ketones (excluding diaryl/α,β-unsaturated/α-hetero) is 4. The molecule has 0 radical (unpaired) electrons. The molecule has 16 nitrogen and oxygen atoms in total. The standard InChI is InChI=1S/2C6H10O3.2C5H8O3.4C3H8O.2Ti/c2*1-2-3-5(7)4-6(8)9;2*1-2-4(6)3-5(7)8;4*1-3(2)4;;/h2*2-4H2,1H3,(H,8,9);2*2-3H2,1H3,(H,7,8);4*3-4H,1-2H3;;/q;;;;;;;;2*+2/p-4. The van der Waals surface area contributed by atoms with Gasteiger partial charge in [-0.05, 0) is 68.2 Å². The third-order valence-electron chi connectivity index (χ3n) is 3.21. The van der Waals surface area contributed by atoms with Crippen LogP contribution in [0.5, 0.6) is 0 Å². The van der Waals surface area contributed by atoms with Crippen LogP contribution in [0.1, 0.15) is 147 Å². The molecule has 0 aromatic heterocycles. The largest absolute Gasteiger partial charge is 2.00 e. The molecule has 0 aliphatic rings. The van der Waals surface area contributed by atoms with Crippen molar-refractivity contribution >= 4 is 47.0 Å². The monoisotopic (exact) mass is 824 g/mol. The van der Waals surface area contributed by atoms with E-state index in [1.165, 1.54) is 0 Å². The van der Waals surface area contributed by atoms with Crippen molar-refractivity contribution < 1.29 is 123 Å². The zero-order valence-electron chi connectivity index (χ0n) is 33.1. The fourth-order valence-electron chi connectivity index (χ4n) is 1.63. The summed E-state index contributed by atoms with van der Waals surface area (Å²) in [6.45, 7) is 20.7. The number of ketones is 4. The molecule has 0 aromatic rings. The minimum Gasteiger partial charge on any atom is -0.550 e. The molecule has 0 spiro atoms. The summed E-state index contributed by atoms with van der Waals surface area (Å²) >= 11 is 0. The van der Waals surface area contributed by atoms with Gasteiger partial charge in [-0.25, -0.2) is 0 Å². The van der Waals surface area contributed by atoms with Crippen molar-refractivity contribution in [3.8, 4) is 0 Å². The summed E-state index contributed by atoms with van der Waals surface area (Å²) < 4.78 is 0. The zero-order valence-corrected chi connectivity index (χ0v) is 36.2. The Morgan fingerprint density at radius 3 is 0.596 bits per heavy atom. The average molecular weight is 825 g/mol. The predicted molar refractivity (Wildman–Crippen MR) is 178 cm³/mol. The second-order valence-electron chi connectivity index (χ2n) is 10.9. The minimum atomic E-state index is -1.29. The number of aliphatic carboxylic acids is 4. The smallest absolute Gasteiger partial charge is 0.550 e. The van der Waals surface area contributed by atoms with E-state index in [-0.39, 0.29) is 104 Å². The van der Waals surface area contributed by atoms with Crippen LogP contribution in [0, 0.1) is 0 Å². The van der Waals surface area contributed by atoms with Gasteiger partial charge in [-0.2, -0.15) is 0 Å². The van der Waals surface area contributed by atoms with Crippen molar-refractivity contribution in [3.63, 3.8) is 0 Å². The molecule has 0 bridgehead atoms. The van der Waals surface area contributed by atoms with Crippen molar-refractivity contribution in [3.05, 3.63) is 0 Å². The summed E-state index contributed by atoms with van der Waals surface area (Å²) in [5.41, 5.74) is 0. The van der Waals surface area contributed by atoms with Gasteiger partial charge in [0.25, 0.3) is 0 Å². The first kappa shape index (κ1) is 74.9. The molecule has 0 heterocycles. The Morgan fingerprint density at radius 1 is 0.385 bits per heavy atom. The van der Waals surface area contributed by atoms with Crippen LogP contribution in [0.3, 0.4) is 0 Å². The number of hydrogen-bond donors (Lipinski definition) is 4. The van der Waals surface area contributed by atoms with Crippen molar-refractivity contribution in [2.45, 2.75) is 172 Å². The van der Waals surface area contributed by atoms with Gasteiger partial charge in [0.05, 0.1) is 0 Å². The molecule has 0 fully saturated rings. The number of aliphatic hydroxyl groups excluding tert-OH is 4. The van der Waals surface area contributed by atoms with E-state index < -0.39 is 49.6 Å². The number of carbonyl (C=O) groups is 8. The van der Waals surface area contributed by atoms with Crippen LogP contribution in [0.25, 0.3) is 0 Å². The molecule has 0 aromatic carbocycles. The topological polar surface area (TPSA) is 310 Å². The normalized spacial score (nSPS) is 8.54. The molecule has 304 valence electrons. The first-order valence-electron chi connectivity index (χ1n) is 16.2. The number of hydrogen-bond acceptors (Lipinski definition) is 16. The van der Waals surface area contributed by atoms with Crippen molar-refractivity contribution in [2.24, 2.45) is 0 Å². The molecular formula is C34H64O16Ti2. The van der Waals surface area contributed by atoms with E-state index >= 15 is 0 Å². The Labute approximate surface area is 339 Å². The summed E-state index contributed by atoms with van der Waals surface area (Å²) in [7, 11) is 0. The molecule has 0 rings (SSSR count). The first-order valence-corrected chi connectivity index (χ1v) is 16.2. The van der Waals surface area contributed by atoms with Crippen LogP contribution < -0.4 is 20.4 Å². The van der Waals surface area contributed by atoms with Crippen molar-refractivity contribution in [1.29, 1.82) is 0 Å². The molecule has 52 heavy (non-hydrogen) atoms. The number of carbonyl (C=O) groups excluding carboxylic acids is 8. The Kier molecular flexibility index (Phi) is 83.7. The van der Waals surface area contributed by atoms with Gasteiger partial charge in [0.15, 0.2) is 0 Å². The number of carboxylic acid groups (broad SMARTS) is 4. The van der Waals surface area contributed by atoms with E-state index in [4.69, 9.17) is 20.4 Å². The second kappa shape index (κ2) is 58.1. The van der Waals surface area contributed by atoms with E-state index in [1.54, 1.807) is 69.2 Å². The van der Waals surface area contributed by atoms with Crippen LogP contribution in [-0.2, 0) is 81.8 Å². The number of aliphatic hydroxyl groups is 4. The fraction of sp³-hybridized carbons (Fsp3) is 0.765. The summed E-state index contributed by atoms with van der Waals surface area (Å²) in [6, 6.07) is 0. The van der Waals surface area contributed by atoms with Gasteiger partial charge < -0.3 is 60.0 Å². The predicted octanol–water partition coefficient (Wildman–Crippen LogP) is -1.25. The van der Waals surface area contributed by atoms with E-state index in [1.807, 2.05) is 13.8 Å². The van der Waals surface area contributed by atoms with Crippen molar-refractivity contribution in [2.75, 3.05) is 0 Å². The van der Waals surface area contributed by atoms with E-state index in [9.17, 15) is 58.8 Å².